The largest absolute Gasteiger partial charge is 0.354 e. The standard InChI is InChI=1S/C18H17ClN4O2S/c1-23(13-14-7-3-2-4-8-14)18-12-11-17(20-21-18)22-26(24,25)16-10-6-5-9-15(16)19/h2-12H,13H2,1H3,(H,20,22). The lowest BCUT2D eigenvalue weighted by atomic mass is 10.2. The highest BCUT2D eigenvalue weighted by Gasteiger charge is 2.18. The molecule has 0 saturated carbocycles. The molecule has 0 aliphatic heterocycles. The van der Waals surface area contributed by atoms with Gasteiger partial charge in [0.25, 0.3) is 10.0 Å². The number of hydrogen-bond donors (Lipinski definition) is 1. The van der Waals surface area contributed by atoms with Gasteiger partial charge in [0.05, 0.1) is 5.02 Å². The maximum Gasteiger partial charge on any atom is 0.264 e. The van der Waals surface area contributed by atoms with Crippen LogP contribution in [-0.2, 0) is 16.6 Å². The van der Waals surface area contributed by atoms with Crippen molar-refractivity contribution in [3.63, 3.8) is 0 Å². The summed E-state index contributed by atoms with van der Waals surface area (Å²) in [6, 6.07) is 19.5. The minimum absolute atomic E-state index is 0.00580. The first-order valence-corrected chi connectivity index (χ1v) is 9.68. The third-order valence-electron chi connectivity index (χ3n) is 3.67. The van der Waals surface area contributed by atoms with Crippen molar-refractivity contribution in [3.05, 3.63) is 77.3 Å². The van der Waals surface area contributed by atoms with Crippen molar-refractivity contribution < 1.29 is 8.42 Å². The first kappa shape index (κ1) is 18.2. The molecule has 2 aromatic carbocycles. The lowest BCUT2D eigenvalue weighted by molar-refractivity contribution is 0.601. The molecule has 0 bridgehead atoms. The second-order valence-corrected chi connectivity index (χ2v) is 7.71. The Balaban J connectivity index is 1.72. The molecule has 26 heavy (non-hydrogen) atoms. The van der Waals surface area contributed by atoms with E-state index in [1.807, 2.05) is 42.3 Å². The summed E-state index contributed by atoms with van der Waals surface area (Å²) in [7, 11) is -1.93. The number of anilines is 2. The van der Waals surface area contributed by atoms with Gasteiger partial charge < -0.3 is 4.90 Å². The van der Waals surface area contributed by atoms with Gasteiger partial charge in [-0.2, -0.15) is 0 Å². The molecular formula is C18H17ClN4O2S. The molecule has 3 aromatic rings. The molecule has 134 valence electrons. The maximum absolute atomic E-state index is 12.4. The minimum Gasteiger partial charge on any atom is -0.354 e. The fourth-order valence-corrected chi connectivity index (χ4v) is 3.89. The Morgan fingerprint density at radius 1 is 0.962 bits per heavy atom. The molecule has 0 radical (unpaired) electrons. The molecule has 1 aromatic heterocycles. The number of halogens is 1. The third kappa shape index (κ3) is 4.30. The van der Waals surface area contributed by atoms with Gasteiger partial charge in [-0.25, -0.2) is 8.42 Å². The van der Waals surface area contributed by atoms with Crippen LogP contribution in [0.2, 0.25) is 5.02 Å². The average molecular weight is 389 g/mol. The highest BCUT2D eigenvalue weighted by atomic mass is 35.5. The number of sulfonamides is 1. The maximum atomic E-state index is 12.4. The van der Waals surface area contributed by atoms with E-state index in [0.717, 1.165) is 5.56 Å². The monoisotopic (exact) mass is 388 g/mol. The van der Waals surface area contributed by atoms with E-state index < -0.39 is 10.0 Å². The SMILES string of the molecule is CN(Cc1ccccc1)c1ccc(NS(=O)(=O)c2ccccc2Cl)nn1. The number of aromatic nitrogens is 2. The molecule has 0 spiro atoms. The van der Waals surface area contributed by atoms with Crippen molar-refractivity contribution in [2.45, 2.75) is 11.4 Å². The van der Waals surface area contributed by atoms with Crippen LogP contribution in [0.1, 0.15) is 5.56 Å². The van der Waals surface area contributed by atoms with Crippen LogP contribution in [0, 0.1) is 0 Å². The fraction of sp³-hybridized carbons (Fsp3) is 0.111. The van der Waals surface area contributed by atoms with E-state index >= 15 is 0 Å². The normalized spacial score (nSPS) is 11.2. The molecule has 0 fully saturated rings. The van der Waals surface area contributed by atoms with Crippen molar-refractivity contribution >= 4 is 33.3 Å². The Hall–Kier alpha value is -2.64. The molecule has 0 saturated heterocycles. The zero-order valence-electron chi connectivity index (χ0n) is 14.0. The van der Waals surface area contributed by atoms with Gasteiger partial charge in [-0.1, -0.05) is 54.1 Å². The van der Waals surface area contributed by atoms with E-state index in [1.54, 1.807) is 24.3 Å². The number of nitrogens with zero attached hydrogens (tertiary/aromatic N) is 3. The fourth-order valence-electron chi connectivity index (χ4n) is 2.38. The molecular weight excluding hydrogens is 372 g/mol. The predicted octanol–water partition coefficient (Wildman–Crippen LogP) is 3.57. The Morgan fingerprint density at radius 3 is 2.31 bits per heavy atom. The van der Waals surface area contributed by atoms with E-state index in [1.165, 1.54) is 12.1 Å². The van der Waals surface area contributed by atoms with Crippen LogP contribution in [0.5, 0.6) is 0 Å². The summed E-state index contributed by atoms with van der Waals surface area (Å²) in [4.78, 5) is 1.92. The van der Waals surface area contributed by atoms with Crippen LogP contribution in [0.4, 0.5) is 11.6 Å². The molecule has 6 nitrogen and oxygen atoms in total. The summed E-state index contributed by atoms with van der Waals surface area (Å²) in [6.07, 6.45) is 0. The first-order valence-electron chi connectivity index (χ1n) is 7.82. The van der Waals surface area contributed by atoms with Gasteiger partial charge in [0, 0.05) is 13.6 Å². The van der Waals surface area contributed by atoms with Crippen molar-refractivity contribution in [2.24, 2.45) is 0 Å². The second kappa shape index (κ2) is 7.72. The van der Waals surface area contributed by atoms with Crippen LogP contribution in [0.3, 0.4) is 0 Å². The van der Waals surface area contributed by atoms with Gasteiger partial charge in [0.1, 0.15) is 4.90 Å². The molecule has 0 aliphatic carbocycles. The number of hydrogen-bond acceptors (Lipinski definition) is 5. The molecule has 1 N–H and O–H groups in total. The third-order valence-corrected chi connectivity index (χ3v) is 5.52. The first-order chi connectivity index (χ1) is 12.5. The summed E-state index contributed by atoms with van der Waals surface area (Å²) in [5.74, 6) is 0.760. The lowest BCUT2D eigenvalue weighted by Gasteiger charge is -2.17. The Bertz CT molecular complexity index is 980. The number of nitrogens with one attached hydrogen (secondary N) is 1. The van der Waals surface area contributed by atoms with Gasteiger partial charge in [-0.15, -0.1) is 10.2 Å². The van der Waals surface area contributed by atoms with E-state index in [9.17, 15) is 8.42 Å². The smallest absolute Gasteiger partial charge is 0.264 e. The van der Waals surface area contributed by atoms with Gasteiger partial charge in [0.2, 0.25) is 0 Å². The zero-order valence-corrected chi connectivity index (χ0v) is 15.6. The molecule has 0 atom stereocenters. The van der Waals surface area contributed by atoms with Crippen LogP contribution in [0.15, 0.2) is 71.6 Å². The minimum atomic E-state index is -3.82. The molecule has 8 heteroatoms. The number of rotatable bonds is 6. The highest BCUT2D eigenvalue weighted by Crippen LogP contribution is 2.23. The Labute approximate surface area is 157 Å². The van der Waals surface area contributed by atoms with Crippen LogP contribution >= 0.6 is 11.6 Å². The predicted molar refractivity (Wildman–Crippen MR) is 103 cm³/mol. The lowest BCUT2D eigenvalue weighted by Crippen LogP contribution is -2.19. The second-order valence-electron chi connectivity index (χ2n) is 5.65. The van der Waals surface area contributed by atoms with E-state index in [0.29, 0.717) is 12.4 Å². The quantitative estimate of drug-likeness (QED) is 0.698. The topological polar surface area (TPSA) is 75.2 Å². The van der Waals surface area contributed by atoms with Crippen molar-refractivity contribution in [3.8, 4) is 0 Å². The summed E-state index contributed by atoms with van der Waals surface area (Å²) in [5, 5.41) is 8.19. The van der Waals surface area contributed by atoms with Crippen LogP contribution in [0.25, 0.3) is 0 Å². The molecule has 0 amide bonds. The van der Waals surface area contributed by atoms with Crippen LogP contribution < -0.4 is 9.62 Å². The van der Waals surface area contributed by atoms with Crippen molar-refractivity contribution in [1.29, 1.82) is 0 Å². The van der Waals surface area contributed by atoms with Crippen molar-refractivity contribution in [2.75, 3.05) is 16.7 Å². The molecule has 0 unspecified atom stereocenters. The van der Waals surface area contributed by atoms with Gasteiger partial charge in [-0.3, -0.25) is 4.72 Å². The summed E-state index contributed by atoms with van der Waals surface area (Å²) in [5.41, 5.74) is 1.14. The van der Waals surface area contributed by atoms with Crippen molar-refractivity contribution in [1.82, 2.24) is 10.2 Å². The molecule has 0 aliphatic rings. The van der Waals surface area contributed by atoms with Crippen LogP contribution in [-0.4, -0.2) is 25.7 Å². The van der Waals surface area contributed by atoms with Gasteiger partial charge >= 0.3 is 0 Å². The Kier molecular flexibility index (Phi) is 5.39. The average Bonchev–Trinajstić information content (AvgIpc) is 2.63. The summed E-state index contributed by atoms with van der Waals surface area (Å²) >= 11 is 5.96. The summed E-state index contributed by atoms with van der Waals surface area (Å²) in [6.45, 7) is 0.667. The van der Waals surface area contributed by atoms with E-state index in [-0.39, 0.29) is 15.7 Å². The van der Waals surface area contributed by atoms with Gasteiger partial charge in [0.15, 0.2) is 11.6 Å². The highest BCUT2D eigenvalue weighted by molar-refractivity contribution is 7.92. The Morgan fingerprint density at radius 2 is 1.65 bits per heavy atom. The number of benzene rings is 2. The van der Waals surface area contributed by atoms with E-state index in [2.05, 4.69) is 14.9 Å². The molecule has 1 heterocycles. The van der Waals surface area contributed by atoms with Gasteiger partial charge in [-0.05, 0) is 29.8 Å². The van der Waals surface area contributed by atoms with E-state index in [4.69, 9.17) is 11.6 Å². The zero-order chi connectivity index (χ0) is 18.6. The molecule has 3 rings (SSSR count). The summed E-state index contributed by atoms with van der Waals surface area (Å²) < 4.78 is 27.2.